The Morgan fingerprint density at radius 3 is 3.00 bits per heavy atom. The minimum absolute atomic E-state index is 0.0714. The minimum atomic E-state index is 0.0714. The zero-order valence-electron chi connectivity index (χ0n) is 10.3. The first kappa shape index (κ1) is 12.2. The van der Waals surface area contributed by atoms with Crippen molar-refractivity contribution in [2.45, 2.75) is 19.3 Å². The number of rotatable bonds is 2. The molecule has 0 bridgehead atoms. The molecule has 0 unspecified atom stereocenters. The molecule has 4 heteroatoms. The number of pyridine rings is 1. The normalized spacial score (nSPS) is 13.8. The molecule has 19 heavy (non-hydrogen) atoms. The third-order valence-electron chi connectivity index (χ3n) is 3.29. The zero-order valence-corrected chi connectivity index (χ0v) is 11.1. The number of aryl methyl sites for hydroxylation is 1. The highest BCUT2D eigenvalue weighted by molar-refractivity contribution is 6.31. The van der Waals surface area contributed by atoms with E-state index in [4.69, 9.17) is 11.6 Å². The van der Waals surface area contributed by atoms with Gasteiger partial charge in [-0.1, -0.05) is 17.7 Å². The maximum absolute atomic E-state index is 11.4. The van der Waals surface area contributed by atoms with E-state index in [1.54, 1.807) is 6.20 Å². The van der Waals surface area contributed by atoms with E-state index in [0.29, 0.717) is 6.42 Å². The molecule has 1 aromatic carbocycles. The predicted molar refractivity (Wildman–Crippen MR) is 75.4 cm³/mol. The fourth-order valence-corrected chi connectivity index (χ4v) is 2.55. The Balaban J connectivity index is 1.94. The maximum Gasteiger partial charge on any atom is 0.224 e. The van der Waals surface area contributed by atoms with Gasteiger partial charge in [0.05, 0.1) is 0 Å². The maximum atomic E-state index is 11.4. The van der Waals surface area contributed by atoms with E-state index in [-0.39, 0.29) is 5.91 Å². The highest BCUT2D eigenvalue weighted by atomic mass is 35.5. The molecule has 0 aliphatic carbocycles. The summed E-state index contributed by atoms with van der Waals surface area (Å²) in [6.07, 6.45) is 5.59. The Kier molecular flexibility index (Phi) is 3.22. The fourth-order valence-electron chi connectivity index (χ4n) is 2.30. The van der Waals surface area contributed by atoms with Crippen LogP contribution in [0, 0.1) is 0 Å². The molecule has 1 amide bonds. The molecule has 0 atom stereocenters. The van der Waals surface area contributed by atoms with Gasteiger partial charge in [0.1, 0.15) is 0 Å². The van der Waals surface area contributed by atoms with Gasteiger partial charge in [0, 0.05) is 35.9 Å². The summed E-state index contributed by atoms with van der Waals surface area (Å²) in [6, 6.07) is 7.86. The van der Waals surface area contributed by atoms with Crippen LogP contribution in [-0.4, -0.2) is 10.9 Å². The van der Waals surface area contributed by atoms with Crippen LogP contribution >= 0.6 is 11.6 Å². The Morgan fingerprint density at radius 2 is 2.21 bits per heavy atom. The summed E-state index contributed by atoms with van der Waals surface area (Å²) in [5.41, 5.74) is 4.11. The first-order chi connectivity index (χ1) is 9.22. The number of carbonyl (C=O) groups is 1. The van der Waals surface area contributed by atoms with E-state index in [1.165, 1.54) is 0 Å². The summed E-state index contributed by atoms with van der Waals surface area (Å²) in [7, 11) is 0. The molecule has 1 aromatic heterocycles. The fraction of sp³-hybridized carbons (Fsp3) is 0.200. The average molecular weight is 273 g/mol. The lowest BCUT2D eigenvalue weighted by molar-refractivity contribution is -0.116. The SMILES string of the molecule is O=C1CCc2cc(Cl)c(Cc3cccnc3)cc2N1. The van der Waals surface area contributed by atoms with Crippen molar-refractivity contribution >= 4 is 23.2 Å². The smallest absolute Gasteiger partial charge is 0.224 e. The van der Waals surface area contributed by atoms with Gasteiger partial charge >= 0.3 is 0 Å². The molecule has 1 N–H and O–H groups in total. The van der Waals surface area contributed by atoms with Crippen LogP contribution in [0.25, 0.3) is 0 Å². The molecule has 0 saturated heterocycles. The summed E-state index contributed by atoms with van der Waals surface area (Å²) in [4.78, 5) is 15.5. The number of nitrogens with zero attached hydrogens (tertiary/aromatic N) is 1. The van der Waals surface area contributed by atoms with Gasteiger partial charge in [-0.15, -0.1) is 0 Å². The number of benzene rings is 1. The van der Waals surface area contributed by atoms with Crippen LogP contribution in [0.1, 0.15) is 23.1 Å². The predicted octanol–water partition coefficient (Wildman–Crippen LogP) is 3.21. The summed E-state index contributed by atoms with van der Waals surface area (Å²) in [5.74, 6) is 0.0714. The lowest BCUT2D eigenvalue weighted by atomic mass is 9.98. The third-order valence-corrected chi connectivity index (χ3v) is 3.64. The van der Waals surface area contributed by atoms with E-state index < -0.39 is 0 Å². The van der Waals surface area contributed by atoms with Gasteiger partial charge < -0.3 is 5.32 Å². The zero-order chi connectivity index (χ0) is 13.2. The van der Waals surface area contributed by atoms with Crippen molar-refractivity contribution in [1.29, 1.82) is 0 Å². The van der Waals surface area contributed by atoms with Crippen LogP contribution < -0.4 is 5.32 Å². The van der Waals surface area contributed by atoms with Gasteiger partial charge in [0.2, 0.25) is 5.91 Å². The van der Waals surface area contributed by atoms with Gasteiger partial charge in [-0.25, -0.2) is 0 Å². The summed E-state index contributed by atoms with van der Waals surface area (Å²) in [5, 5.41) is 3.65. The number of hydrogen-bond donors (Lipinski definition) is 1. The van der Waals surface area contributed by atoms with Crippen LogP contribution in [0.2, 0.25) is 5.02 Å². The Bertz CT molecular complexity index is 626. The number of aromatic nitrogens is 1. The summed E-state index contributed by atoms with van der Waals surface area (Å²) < 4.78 is 0. The lowest BCUT2D eigenvalue weighted by Crippen LogP contribution is -2.19. The minimum Gasteiger partial charge on any atom is -0.326 e. The van der Waals surface area contributed by atoms with Crippen LogP contribution in [0.3, 0.4) is 0 Å². The number of halogens is 1. The molecule has 0 saturated carbocycles. The molecule has 3 nitrogen and oxygen atoms in total. The van der Waals surface area contributed by atoms with Gasteiger partial charge in [-0.05, 0) is 41.3 Å². The van der Waals surface area contributed by atoms with E-state index in [1.807, 2.05) is 30.5 Å². The molecule has 2 heterocycles. The van der Waals surface area contributed by atoms with E-state index in [9.17, 15) is 4.79 Å². The standard InChI is InChI=1S/C15H13ClN2O/c16-13-7-11-3-4-15(19)18-14(11)8-12(13)6-10-2-1-5-17-9-10/h1-2,5,7-9H,3-4,6H2,(H,18,19). The molecule has 96 valence electrons. The van der Waals surface area contributed by atoms with Crippen molar-refractivity contribution < 1.29 is 4.79 Å². The van der Waals surface area contributed by atoms with Crippen molar-refractivity contribution in [2.75, 3.05) is 5.32 Å². The monoisotopic (exact) mass is 272 g/mol. The van der Waals surface area contributed by atoms with Gasteiger partial charge in [0.15, 0.2) is 0 Å². The molecule has 0 spiro atoms. The van der Waals surface area contributed by atoms with Gasteiger partial charge in [-0.2, -0.15) is 0 Å². The molecule has 0 fully saturated rings. The molecular weight excluding hydrogens is 260 g/mol. The van der Waals surface area contributed by atoms with Gasteiger partial charge in [0.25, 0.3) is 0 Å². The number of anilines is 1. The summed E-state index contributed by atoms with van der Waals surface area (Å²) >= 11 is 6.31. The molecule has 2 aromatic rings. The van der Waals surface area contributed by atoms with Crippen LogP contribution in [0.15, 0.2) is 36.7 Å². The Morgan fingerprint density at radius 1 is 1.32 bits per heavy atom. The Hall–Kier alpha value is -1.87. The first-order valence-electron chi connectivity index (χ1n) is 6.22. The number of hydrogen-bond acceptors (Lipinski definition) is 2. The van der Waals surface area contributed by atoms with Crippen molar-refractivity contribution in [1.82, 2.24) is 4.98 Å². The Labute approximate surface area is 116 Å². The number of nitrogens with one attached hydrogen (secondary N) is 1. The molecule has 1 aliphatic heterocycles. The molecule has 0 radical (unpaired) electrons. The van der Waals surface area contributed by atoms with Crippen LogP contribution in [0.5, 0.6) is 0 Å². The molecular formula is C15H13ClN2O. The highest BCUT2D eigenvalue weighted by Gasteiger charge is 2.16. The number of amides is 1. The van der Waals surface area contributed by atoms with Crippen molar-refractivity contribution in [3.05, 3.63) is 58.4 Å². The number of carbonyl (C=O) groups excluding carboxylic acids is 1. The topological polar surface area (TPSA) is 42.0 Å². The second-order valence-corrected chi connectivity index (χ2v) is 5.09. The second-order valence-electron chi connectivity index (χ2n) is 4.69. The first-order valence-corrected chi connectivity index (χ1v) is 6.60. The molecule has 3 rings (SSSR count). The molecule has 1 aliphatic rings. The third kappa shape index (κ3) is 2.61. The highest BCUT2D eigenvalue weighted by Crippen LogP contribution is 2.30. The van der Waals surface area contributed by atoms with E-state index in [0.717, 1.165) is 40.2 Å². The van der Waals surface area contributed by atoms with Crippen LogP contribution in [-0.2, 0) is 17.6 Å². The van der Waals surface area contributed by atoms with Crippen molar-refractivity contribution in [2.24, 2.45) is 0 Å². The quantitative estimate of drug-likeness (QED) is 0.912. The van der Waals surface area contributed by atoms with E-state index in [2.05, 4.69) is 10.3 Å². The second kappa shape index (κ2) is 5.02. The average Bonchev–Trinajstić information content (AvgIpc) is 2.41. The number of fused-ring (bicyclic) bond motifs is 1. The summed E-state index contributed by atoms with van der Waals surface area (Å²) in [6.45, 7) is 0. The largest absolute Gasteiger partial charge is 0.326 e. The lowest BCUT2D eigenvalue weighted by Gasteiger charge is -2.18. The van der Waals surface area contributed by atoms with Crippen molar-refractivity contribution in [3.8, 4) is 0 Å². The van der Waals surface area contributed by atoms with Crippen molar-refractivity contribution in [3.63, 3.8) is 0 Å². The van der Waals surface area contributed by atoms with E-state index >= 15 is 0 Å². The van der Waals surface area contributed by atoms with Crippen LogP contribution in [0.4, 0.5) is 5.69 Å². The van der Waals surface area contributed by atoms with Gasteiger partial charge in [-0.3, -0.25) is 9.78 Å².